The van der Waals surface area contributed by atoms with Gasteiger partial charge in [0.25, 0.3) is 0 Å². The van der Waals surface area contributed by atoms with Crippen molar-refractivity contribution in [3.05, 3.63) is 30.0 Å². The van der Waals surface area contributed by atoms with E-state index in [-0.39, 0.29) is 12.4 Å². The molecule has 2 aromatic rings. The molecule has 1 heterocycles. The smallest absolute Gasteiger partial charge is 0.139 e. The minimum atomic E-state index is -0.0336. The second-order valence-corrected chi connectivity index (χ2v) is 2.69. The van der Waals surface area contributed by atoms with Gasteiger partial charge in [0, 0.05) is 11.1 Å². The van der Waals surface area contributed by atoms with Gasteiger partial charge in [-0.05, 0) is 12.1 Å². The highest BCUT2D eigenvalue weighted by Crippen LogP contribution is 2.23. The second kappa shape index (κ2) is 2.53. The van der Waals surface area contributed by atoms with E-state index in [9.17, 15) is 5.11 Å². The van der Waals surface area contributed by atoms with E-state index in [0.29, 0.717) is 11.2 Å². The number of aliphatic hydroxyl groups excluding tert-OH is 1. The van der Waals surface area contributed by atoms with Gasteiger partial charge in [-0.3, -0.25) is 0 Å². The van der Waals surface area contributed by atoms with Crippen LogP contribution in [0.2, 0.25) is 0 Å². The zero-order valence-electron chi connectivity index (χ0n) is 6.41. The van der Waals surface area contributed by atoms with E-state index in [1.165, 1.54) is 0 Å². The van der Waals surface area contributed by atoms with E-state index in [0.717, 1.165) is 5.39 Å². The molecule has 0 amide bonds. The highest BCUT2D eigenvalue weighted by molar-refractivity contribution is 5.85. The largest absolute Gasteiger partial charge is 0.506 e. The van der Waals surface area contributed by atoms with Gasteiger partial charge >= 0.3 is 0 Å². The Bertz CT molecular complexity index is 406. The van der Waals surface area contributed by atoms with Gasteiger partial charge < -0.3 is 15.2 Å². The third kappa shape index (κ3) is 0.950. The maximum absolute atomic E-state index is 9.37. The molecule has 0 radical (unpaired) electrons. The third-order valence-corrected chi connectivity index (χ3v) is 1.86. The van der Waals surface area contributed by atoms with Gasteiger partial charge in [0.15, 0.2) is 0 Å². The maximum Gasteiger partial charge on any atom is 0.139 e. The number of phenolic OH excluding ortho intramolecular Hbond substituents is 1. The molecule has 1 aromatic carbocycles. The van der Waals surface area contributed by atoms with E-state index in [2.05, 4.69) is 4.98 Å². The molecule has 0 aliphatic heterocycles. The minimum Gasteiger partial charge on any atom is -0.506 e. The third-order valence-electron chi connectivity index (χ3n) is 1.86. The van der Waals surface area contributed by atoms with Crippen LogP contribution in [0.5, 0.6) is 5.75 Å². The molecule has 0 spiro atoms. The molecule has 62 valence electrons. The van der Waals surface area contributed by atoms with Crippen LogP contribution in [0.3, 0.4) is 0 Å². The molecule has 0 aliphatic carbocycles. The van der Waals surface area contributed by atoms with Crippen molar-refractivity contribution in [3.8, 4) is 5.75 Å². The molecule has 12 heavy (non-hydrogen) atoms. The zero-order valence-corrected chi connectivity index (χ0v) is 6.41. The van der Waals surface area contributed by atoms with Crippen LogP contribution in [0, 0.1) is 0 Å². The number of aliphatic hydroxyl groups is 1. The van der Waals surface area contributed by atoms with Crippen molar-refractivity contribution in [1.29, 1.82) is 0 Å². The number of hydrogen-bond acceptors (Lipinski definition) is 2. The predicted molar refractivity (Wildman–Crippen MR) is 45.9 cm³/mol. The normalized spacial score (nSPS) is 10.8. The van der Waals surface area contributed by atoms with Gasteiger partial charge in [0.05, 0.1) is 12.1 Å². The topological polar surface area (TPSA) is 56.2 Å². The van der Waals surface area contributed by atoms with Crippen LogP contribution in [0.15, 0.2) is 24.3 Å². The van der Waals surface area contributed by atoms with E-state index in [1.54, 1.807) is 12.1 Å². The molecule has 0 unspecified atom stereocenters. The zero-order chi connectivity index (χ0) is 8.55. The molecule has 3 heteroatoms. The van der Waals surface area contributed by atoms with Crippen molar-refractivity contribution in [3.63, 3.8) is 0 Å². The van der Waals surface area contributed by atoms with Gasteiger partial charge in [0.1, 0.15) is 5.75 Å². The van der Waals surface area contributed by atoms with E-state index in [4.69, 9.17) is 5.11 Å². The lowest BCUT2D eigenvalue weighted by molar-refractivity contribution is 0.278. The number of phenols is 1. The molecule has 0 atom stereocenters. The number of hydrogen-bond donors (Lipinski definition) is 3. The number of H-pyrrole nitrogens is 1. The molecule has 0 bridgehead atoms. The van der Waals surface area contributed by atoms with Gasteiger partial charge in [0.2, 0.25) is 0 Å². The van der Waals surface area contributed by atoms with Gasteiger partial charge in [-0.2, -0.15) is 0 Å². The van der Waals surface area contributed by atoms with Crippen LogP contribution >= 0.6 is 0 Å². The Morgan fingerprint density at radius 2 is 2.17 bits per heavy atom. The molecule has 3 nitrogen and oxygen atoms in total. The van der Waals surface area contributed by atoms with Crippen molar-refractivity contribution in [2.75, 3.05) is 0 Å². The molecule has 3 N–H and O–H groups in total. The summed E-state index contributed by atoms with van der Waals surface area (Å²) in [5.41, 5.74) is 1.40. The van der Waals surface area contributed by atoms with Crippen molar-refractivity contribution in [2.45, 2.75) is 6.61 Å². The first-order valence-corrected chi connectivity index (χ1v) is 3.71. The molecular weight excluding hydrogens is 154 g/mol. The fourth-order valence-electron chi connectivity index (χ4n) is 1.28. The Morgan fingerprint density at radius 1 is 1.33 bits per heavy atom. The SMILES string of the molecule is OCc1cc2cccc(O)c2[nH]1. The summed E-state index contributed by atoms with van der Waals surface area (Å²) >= 11 is 0. The summed E-state index contributed by atoms with van der Waals surface area (Å²) in [5.74, 6) is 0.215. The molecule has 0 saturated heterocycles. The van der Waals surface area contributed by atoms with Crippen LogP contribution in [0.1, 0.15) is 5.69 Å². The first-order chi connectivity index (χ1) is 5.81. The first kappa shape index (κ1) is 7.18. The summed E-state index contributed by atoms with van der Waals surface area (Å²) < 4.78 is 0. The Labute approximate surface area is 69.3 Å². The van der Waals surface area contributed by atoms with Gasteiger partial charge in [-0.1, -0.05) is 12.1 Å². The summed E-state index contributed by atoms with van der Waals surface area (Å²) in [6, 6.07) is 7.08. The minimum absolute atomic E-state index is 0.0336. The fraction of sp³-hybridized carbons (Fsp3) is 0.111. The predicted octanol–water partition coefficient (Wildman–Crippen LogP) is 1.37. The lowest BCUT2D eigenvalue weighted by atomic mass is 10.2. The second-order valence-electron chi connectivity index (χ2n) is 2.69. The van der Waals surface area contributed by atoms with Crippen molar-refractivity contribution < 1.29 is 10.2 Å². The summed E-state index contributed by atoms with van der Waals surface area (Å²) in [6.07, 6.45) is 0. The molecule has 0 fully saturated rings. The monoisotopic (exact) mass is 163 g/mol. The molecule has 0 aliphatic rings. The number of aromatic hydroxyl groups is 1. The maximum atomic E-state index is 9.37. The van der Waals surface area contributed by atoms with Crippen LogP contribution < -0.4 is 0 Å². The Kier molecular flexibility index (Phi) is 1.52. The number of nitrogens with one attached hydrogen (secondary N) is 1. The number of aromatic nitrogens is 1. The summed E-state index contributed by atoms with van der Waals surface area (Å²) in [6.45, 7) is -0.0336. The molecule has 2 rings (SSSR count). The van der Waals surface area contributed by atoms with Gasteiger partial charge in [-0.25, -0.2) is 0 Å². The Balaban J connectivity index is 2.74. The summed E-state index contributed by atoms with van der Waals surface area (Å²) in [5, 5.41) is 19.1. The highest BCUT2D eigenvalue weighted by atomic mass is 16.3. The quantitative estimate of drug-likeness (QED) is 0.594. The van der Waals surface area contributed by atoms with Crippen LogP contribution in [0.4, 0.5) is 0 Å². The number of rotatable bonds is 1. The van der Waals surface area contributed by atoms with Crippen molar-refractivity contribution >= 4 is 10.9 Å². The Morgan fingerprint density at radius 3 is 2.83 bits per heavy atom. The van der Waals surface area contributed by atoms with Crippen molar-refractivity contribution in [2.24, 2.45) is 0 Å². The first-order valence-electron chi connectivity index (χ1n) is 3.71. The lowest BCUT2D eigenvalue weighted by Gasteiger charge is -1.92. The average Bonchev–Trinajstić information content (AvgIpc) is 2.49. The standard InChI is InChI=1S/C9H9NO2/c11-5-7-4-6-2-1-3-8(12)9(6)10-7/h1-4,10-12H,5H2. The summed E-state index contributed by atoms with van der Waals surface area (Å²) in [4.78, 5) is 2.91. The Hall–Kier alpha value is -1.48. The van der Waals surface area contributed by atoms with E-state index in [1.807, 2.05) is 12.1 Å². The number of benzene rings is 1. The molecule has 1 aromatic heterocycles. The lowest BCUT2D eigenvalue weighted by Crippen LogP contribution is -1.79. The number of para-hydroxylation sites is 1. The van der Waals surface area contributed by atoms with Crippen LogP contribution in [0.25, 0.3) is 10.9 Å². The van der Waals surface area contributed by atoms with Gasteiger partial charge in [-0.15, -0.1) is 0 Å². The number of fused-ring (bicyclic) bond motifs is 1. The highest BCUT2D eigenvalue weighted by Gasteiger charge is 2.02. The van der Waals surface area contributed by atoms with Crippen LogP contribution in [-0.2, 0) is 6.61 Å². The van der Waals surface area contributed by atoms with E-state index < -0.39 is 0 Å². The summed E-state index contributed by atoms with van der Waals surface area (Å²) in [7, 11) is 0. The fourth-order valence-corrected chi connectivity index (χ4v) is 1.28. The average molecular weight is 163 g/mol. The van der Waals surface area contributed by atoms with E-state index >= 15 is 0 Å². The molecule has 0 saturated carbocycles. The molecular formula is C9H9NO2. The van der Waals surface area contributed by atoms with Crippen LogP contribution in [-0.4, -0.2) is 15.2 Å². The van der Waals surface area contributed by atoms with Crippen molar-refractivity contribution in [1.82, 2.24) is 4.98 Å². The number of aromatic amines is 1.